The number of oxime groups is 1. The summed E-state index contributed by atoms with van der Waals surface area (Å²) in [5.74, 6) is 0.0562. The molecule has 0 bridgehead atoms. The Bertz CT molecular complexity index is 577. The Balaban J connectivity index is 2.62. The van der Waals surface area contributed by atoms with Gasteiger partial charge < -0.3 is 10.9 Å². The molecule has 2 aromatic rings. The van der Waals surface area contributed by atoms with Crippen LogP contribution in [0.15, 0.2) is 40.2 Å². The van der Waals surface area contributed by atoms with Crippen LogP contribution in [-0.4, -0.2) is 20.8 Å². The Kier molecular flexibility index (Phi) is 3.14. The highest BCUT2D eigenvalue weighted by molar-refractivity contribution is 9.10. The maximum atomic E-state index is 8.76. The fourth-order valence-corrected chi connectivity index (χ4v) is 1.86. The molecule has 6 heteroatoms. The lowest BCUT2D eigenvalue weighted by Gasteiger charge is -2.08. The monoisotopic (exact) mass is 294 g/mol. The third-order valence-corrected chi connectivity index (χ3v) is 2.80. The van der Waals surface area contributed by atoms with E-state index in [0.29, 0.717) is 5.56 Å². The minimum atomic E-state index is 0.0562. The zero-order valence-electron chi connectivity index (χ0n) is 9.13. The topological polar surface area (TPSA) is 76.4 Å². The molecular weight excluding hydrogens is 284 g/mol. The number of halogens is 1. The molecule has 0 aliphatic rings. The summed E-state index contributed by atoms with van der Waals surface area (Å²) in [6.45, 7) is 1.95. The van der Waals surface area contributed by atoms with Crippen LogP contribution in [0.1, 0.15) is 11.1 Å². The second kappa shape index (κ2) is 4.58. The van der Waals surface area contributed by atoms with Crippen molar-refractivity contribution < 1.29 is 5.21 Å². The Hall–Kier alpha value is -1.82. The molecule has 0 amide bonds. The first kappa shape index (κ1) is 11.7. The zero-order valence-corrected chi connectivity index (χ0v) is 10.7. The number of benzene rings is 1. The van der Waals surface area contributed by atoms with Crippen LogP contribution in [-0.2, 0) is 0 Å². The van der Waals surface area contributed by atoms with E-state index in [1.54, 1.807) is 16.9 Å². The SMILES string of the molecule is Cc1cnn(-c2cc(Br)ccc2/C(N)=N/O)c1. The molecule has 2 rings (SSSR count). The third kappa shape index (κ3) is 2.31. The summed E-state index contributed by atoms with van der Waals surface area (Å²) >= 11 is 3.39. The standard InChI is InChI=1S/C11H11BrN4O/c1-7-5-14-16(6-7)10-4-8(12)2-3-9(10)11(13)15-17/h2-6,17H,1H3,(H2,13,15). The summed E-state index contributed by atoms with van der Waals surface area (Å²) in [6, 6.07) is 5.46. The van der Waals surface area contributed by atoms with Gasteiger partial charge in [-0.3, -0.25) is 0 Å². The molecule has 1 heterocycles. The van der Waals surface area contributed by atoms with Crippen LogP contribution in [0.2, 0.25) is 0 Å². The van der Waals surface area contributed by atoms with Gasteiger partial charge in [-0.15, -0.1) is 0 Å². The average molecular weight is 295 g/mol. The van der Waals surface area contributed by atoms with E-state index in [-0.39, 0.29) is 5.84 Å². The molecule has 0 aliphatic carbocycles. The van der Waals surface area contributed by atoms with Crippen molar-refractivity contribution >= 4 is 21.8 Å². The van der Waals surface area contributed by atoms with Gasteiger partial charge in [0.25, 0.3) is 0 Å². The van der Waals surface area contributed by atoms with Crippen molar-refractivity contribution in [1.82, 2.24) is 9.78 Å². The largest absolute Gasteiger partial charge is 0.409 e. The fourth-order valence-electron chi connectivity index (χ4n) is 1.51. The van der Waals surface area contributed by atoms with Crippen LogP contribution in [0.5, 0.6) is 0 Å². The summed E-state index contributed by atoms with van der Waals surface area (Å²) in [4.78, 5) is 0. The van der Waals surface area contributed by atoms with Gasteiger partial charge in [0, 0.05) is 16.2 Å². The van der Waals surface area contributed by atoms with E-state index in [1.165, 1.54) is 0 Å². The van der Waals surface area contributed by atoms with E-state index in [0.717, 1.165) is 15.7 Å². The highest BCUT2D eigenvalue weighted by atomic mass is 79.9. The maximum Gasteiger partial charge on any atom is 0.172 e. The van der Waals surface area contributed by atoms with E-state index < -0.39 is 0 Å². The van der Waals surface area contributed by atoms with Gasteiger partial charge in [0.2, 0.25) is 0 Å². The number of hydrogen-bond donors (Lipinski definition) is 2. The number of aryl methyl sites for hydroxylation is 1. The summed E-state index contributed by atoms with van der Waals surface area (Å²) in [5, 5.41) is 16.0. The fraction of sp³-hybridized carbons (Fsp3) is 0.0909. The second-order valence-electron chi connectivity index (χ2n) is 3.61. The van der Waals surface area contributed by atoms with E-state index >= 15 is 0 Å². The first-order valence-corrected chi connectivity index (χ1v) is 5.70. The van der Waals surface area contributed by atoms with Crippen LogP contribution >= 0.6 is 15.9 Å². The van der Waals surface area contributed by atoms with Crippen LogP contribution < -0.4 is 5.73 Å². The van der Waals surface area contributed by atoms with Crippen LogP contribution in [0.3, 0.4) is 0 Å². The van der Waals surface area contributed by atoms with Crippen LogP contribution in [0.25, 0.3) is 5.69 Å². The molecular formula is C11H11BrN4O. The predicted molar refractivity (Wildman–Crippen MR) is 68.5 cm³/mol. The lowest BCUT2D eigenvalue weighted by Crippen LogP contribution is -2.16. The predicted octanol–water partition coefficient (Wildman–Crippen LogP) is 2.04. The van der Waals surface area contributed by atoms with E-state index in [1.807, 2.05) is 25.3 Å². The number of amidine groups is 1. The van der Waals surface area contributed by atoms with Gasteiger partial charge in [0.05, 0.1) is 11.9 Å². The Morgan fingerprint density at radius 2 is 2.29 bits per heavy atom. The smallest absolute Gasteiger partial charge is 0.172 e. The molecule has 0 unspecified atom stereocenters. The van der Waals surface area contributed by atoms with Crippen molar-refractivity contribution in [1.29, 1.82) is 0 Å². The number of rotatable bonds is 2. The molecule has 88 valence electrons. The molecule has 5 nitrogen and oxygen atoms in total. The molecule has 0 saturated carbocycles. The number of nitrogens with zero attached hydrogens (tertiary/aromatic N) is 3. The van der Waals surface area contributed by atoms with Gasteiger partial charge in [-0.05, 0) is 30.7 Å². The molecule has 17 heavy (non-hydrogen) atoms. The van der Waals surface area contributed by atoms with Gasteiger partial charge in [0.15, 0.2) is 5.84 Å². The molecule has 1 aromatic heterocycles. The van der Waals surface area contributed by atoms with Crippen LogP contribution in [0.4, 0.5) is 0 Å². The summed E-state index contributed by atoms with van der Waals surface area (Å²) in [7, 11) is 0. The second-order valence-corrected chi connectivity index (χ2v) is 4.52. The average Bonchev–Trinajstić information content (AvgIpc) is 2.75. The minimum Gasteiger partial charge on any atom is -0.409 e. The zero-order chi connectivity index (χ0) is 12.4. The third-order valence-electron chi connectivity index (χ3n) is 2.30. The quantitative estimate of drug-likeness (QED) is 0.385. The summed E-state index contributed by atoms with van der Waals surface area (Å²) in [6.07, 6.45) is 3.62. The van der Waals surface area contributed by atoms with Crippen molar-refractivity contribution in [2.24, 2.45) is 10.9 Å². The Morgan fingerprint density at radius 3 is 2.88 bits per heavy atom. The van der Waals surface area contributed by atoms with Crippen molar-refractivity contribution in [2.45, 2.75) is 6.92 Å². The van der Waals surface area contributed by atoms with Gasteiger partial charge in [-0.2, -0.15) is 5.10 Å². The van der Waals surface area contributed by atoms with Crippen molar-refractivity contribution in [3.05, 3.63) is 46.2 Å². The molecule has 1 aromatic carbocycles. The van der Waals surface area contributed by atoms with Crippen molar-refractivity contribution in [3.8, 4) is 5.69 Å². The first-order chi connectivity index (χ1) is 8.11. The van der Waals surface area contributed by atoms with E-state index in [2.05, 4.69) is 26.2 Å². The molecule has 0 radical (unpaired) electrons. The summed E-state index contributed by atoms with van der Waals surface area (Å²) in [5.41, 5.74) is 8.05. The minimum absolute atomic E-state index is 0.0562. The molecule has 0 aliphatic heterocycles. The highest BCUT2D eigenvalue weighted by Crippen LogP contribution is 2.20. The highest BCUT2D eigenvalue weighted by Gasteiger charge is 2.10. The summed E-state index contributed by atoms with van der Waals surface area (Å²) < 4.78 is 2.59. The maximum absolute atomic E-state index is 8.76. The molecule has 0 spiro atoms. The molecule has 0 atom stereocenters. The van der Waals surface area contributed by atoms with Gasteiger partial charge in [-0.1, -0.05) is 21.1 Å². The van der Waals surface area contributed by atoms with E-state index in [9.17, 15) is 0 Å². The van der Waals surface area contributed by atoms with Gasteiger partial charge >= 0.3 is 0 Å². The van der Waals surface area contributed by atoms with Crippen molar-refractivity contribution in [2.75, 3.05) is 0 Å². The van der Waals surface area contributed by atoms with Gasteiger partial charge in [-0.25, -0.2) is 4.68 Å². The number of nitrogens with two attached hydrogens (primary N) is 1. The van der Waals surface area contributed by atoms with Gasteiger partial charge in [0.1, 0.15) is 0 Å². The molecule has 3 N–H and O–H groups in total. The lowest BCUT2D eigenvalue weighted by molar-refractivity contribution is 0.318. The van der Waals surface area contributed by atoms with Crippen molar-refractivity contribution in [3.63, 3.8) is 0 Å². The van der Waals surface area contributed by atoms with Crippen LogP contribution in [0, 0.1) is 6.92 Å². The number of hydrogen-bond acceptors (Lipinski definition) is 3. The Morgan fingerprint density at radius 1 is 1.53 bits per heavy atom. The molecule has 0 saturated heterocycles. The normalized spacial score (nSPS) is 11.8. The first-order valence-electron chi connectivity index (χ1n) is 4.91. The number of aromatic nitrogens is 2. The van der Waals surface area contributed by atoms with E-state index in [4.69, 9.17) is 10.9 Å². The Labute approximate surface area is 107 Å². The molecule has 0 fully saturated rings. The lowest BCUT2D eigenvalue weighted by atomic mass is 10.1.